The number of methoxy groups -OCH3 is 1. The van der Waals surface area contributed by atoms with E-state index in [0.717, 1.165) is 11.1 Å². The molecule has 0 saturated heterocycles. The molecular formula is C17H20O4S. The first-order valence-corrected chi connectivity index (χ1v) is 8.43. The summed E-state index contributed by atoms with van der Waals surface area (Å²) in [5.41, 5.74) is 1.94. The smallest absolute Gasteiger partial charge is 0.342 e. The van der Waals surface area contributed by atoms with Gasteiger partial charge in [0.1, 0.15) is 16.4 Å². The standard InChI is InChI=1S/C17H20O4S/c1-12(2)14-6-8-15(9-7-14)21-22(18,19)17-11-13(3)5-10-16(17)20-4/h5-12H,1-4H3. The zero-order valence-corrected chi connectivity index (χ0v) is 14.0. The molecule has 0 unspecified atom stereocenters. The lowest BCUT2D eigenvalue weighted by Crippen LogP contribution is -2.11. The summed E-state index contributed by atoms with van der Waals surface area (Å²) in [5, 5.41) is 0. The molecule has 118 valence electrons. The van der Waals surface area contributed by atoms with Crippen LogP contribution in [0.2, 0.25) is 0 Å². The Morgan fingerprint density at radius 2 is 1.64 bits per heavy atom. The minimum Gasteiger partial charge on any atom is -0.495 e. The quantitative estimate of drug-likeness (QED) is 0.784. The Morgan fingerprint density at radius 3 is 2.18 bits per heavy atom. The second-order valence-corrected chi connectivity index (χ2v) is 6.93. The summed E-state index contributed by atoms with van der Waals surface area (Å²) in [4.78, 5) is 0.0305. The lowest BCUT2D eigenvalue weighted by atomic mass is 10.0. The van der Waals surface area contributed by atoms with Gasteiger partial charge in [-0.1, -0.05) is 32.0 Å². The molecule has 0 radical (unpaired) electrons. The van der Waals surface area contributed by atoms with Crippen molar-refractivity contribution in [3.05, 3.63) is 53.6 Å². The number of aryl methyl sites for hydroxylation is 1. The average molecular weight is 320 g/mol. The van der Waals surface area contributed by atoms with E-state index in [-0.39, 0.29) is 16.4 Å². The Labute approximate surface area is 131 Å². The van der Waals surface area contributed by atoms with Crippen molar-refractivity contribution in [2.24, 2.45) is 0 Å². The summed E-state index contributed by atoms with van der Waals surface area (Å²) < 4.78 is 35.2. The molecule has 0 amide bonds. The van der Waals surface area contributed by atoms with Gasteiger partial charge in [0.25, 0.3) is 0 Å². The van der Waals surface area contributed by atoms with Crippen LogP contribution in [0.1, 0.15) is 30.9 Å². The average Bonchev–Trinajstić information content (AvgIpc) is 2.47. The van der Waals surface area contributed by atoms with E-state index in [4.69, 9.17) is 8.92 Å². The summed E-state index contributed by atoms with van der Waals surface area (Å²) in [6.07, 6.45) is 0. The Balaban J connectivity index is 2.33. The number of rotatable bonds is 5. The van der Waals surface area contributed by atoms with Crippen molar-refractivity contribution in [1.82, 2.24) is 0 Å². The molecule has 0 aliphatic rings. The highest BCUT2D eigenvalue weighted by Crippen LogP contribution is 2.28. The molecule has 2 rings (SSSR count). The number of hydrogen-bond acceptors (Lipinski definition) is 4. The lowest BCUT2D eigenvalue weighted by molar-refractivity contribution is 0.398. The van der Waals surface area contributed by atoms with Gasteiger partial charge in [0, 0.05) is 0 Å². The molecule has 22 heavy (non-hydrogen) atoms. The van der Waals surface area contributed by atoms with Crippen molar-refractivity contribution in [3.63, 3.8) is 0 Å². The Kier molecular flexibility index (Phi) is 4.76. The van der Waals surface area contributed by atoms with Crippen LogP contribution in [0.25, 0.3) is 0 Å². The predicted octanol–water partition coefficient (Wildman–Crippen LogP) is 3.89. The molecule has 4 nitrogen and oxygen atoms in total. The summed E-state index contributed by atoms with van der Waals surface area (Å²) in [5.74, 6) is 0.930. The van der Waals surface area contributed by atoms with Crippen LogP contribution in [0.15, 0.2) is 47.4 Å². The Morgan fingerprint density at radius 1 is 1.00 bits per heavy atom. The first-order valence-electron chi connectivity index (χ1n) is 7.02. The van der Waals surface area contributed by atoms with E-state index in [2.05, 4.69) is 13.8 Å². The maximum Gasteiger partial charge on any atom is 0.342 e. The largest absolute Gasteiger partial charge is 0.495 e. The molecule has 5 heteroatoms. The highest BCUT2D eigenvalue weighted by atomic mass is 32.2. The maximum atomic E-state index is 12.5. The Hall–Kier alpha value is -2.01. The van der Waals surface area contributed by atoms with Gasteiger partial charge in [-0.3, -0.25) is 0 Å². The van der Waals surface area contributed by atoms with Gasteiger partial charge in [-0.25, -0.2) is 0 Å². The van der Waals surface area contributed by atoms with Crippen LogP contribution < -0.4 is 8.92 Å². The fourth-order valence-electron chi connectivity index (χ4n) is 2.06. The van der Waals surface area contributed by atoms with Crippen molar-refractivity contribution >= 4 is 10.1 Å². The van der Waals surface area contributed by atoms with Crippen molar-refractivity contribution in [2.75, 3.05) is 7.11 Å². The summed E-state index contributed by atoms with van der Waals surface area (Å²) in [6, 6.07) is 12.0. The molecule has 0 fully saturated rings. The normalized spacial score (nSPS) is 11.5. The van der Waals surface area contributed by atoms with Crippen LogP contribution >= 0.6 is 0 Å². The van der Waals surface area contributed by atoms with Gasteiger partial charge in [-0.15, -0.1) is 0 Å². The maximum absolute atomic E-state index is 12.5. The zero-order valence-electron chi connectivity index (χ0n) is 13.2. The third-order valence-electron chi connectivity index (χ3n) is 3.34. The molecule has 0 aliphatic carbocycles. The van der Waals surface area contributed by atoms with Crippen LogP contribution in [-0.4, -0.2) is 15.5 Å². The van der Waals surface area contributed by atoms with E-state index >= 15 is 0 Å². The number of hydrogen-bond donors (Lipinski definition) is 0. The number of ether oxygens (including phenoxy) is 1. The molecule has 0 bridgehead atoms. The van der Waals surface area contributed by atoms with E-state index in [1.54, 1.807) is 24.3 Å². The van der Waals surface area contributed by atoms with Crippen molar-refractivity contribution in [3.8, 4) is 11.5 Å². The van der Waals surface area contributed by atoms with Gasteiger partial charge < -0.3 is 8.92 Å². The molecule has 0 heterocycles. The Bertz CT molecular complexity index is 747. The SMILES string of the molecule is COc1ccc(C)cc1S(=O)(=O)Oc1ccc(C(C)C)cc1. The van der Waals surface area contributed by atoms with Gasteiger partial charge in [0.05, 0.1) is 7.11 Å². The third-order valence-corrected chi connectivity index (χ3v) is 4.61. The van der Waals surface area contributed by atoms with E-state index in [1.807, 2.05) is 19.1 Å². The van der Waals surface area contributed by atoms with Gasteiger partial charge in [-0.2, -0.15) is 8.42 Å². The van der Waals surface area contributed by atoms with E-state index in [1.165, 1.54) is 13.2 Å². The van der Waals surface area contributed by atoms with E-state index < -0.39 is 10.1 Å². The topological polar surface area (TPSA) is 52.6 Å². The molecule has 0 saturated carbocycles. The molecular weight excluding hydrogens is 300 g/mol. The van der Waals surface area contributed by atoms with Gasteiger partial charge in [-0.05, 0) is 48.2 Å². The second-order valence-electron chi connectivity index (χ2n) is 5.42. The van der Waals surface area contributed by atoms with E-state index in [9.17, 15) is 8.42 Å². The number of benzene rings is 2. The molecule has 0 atom stereocenters. The van der Waals surface area contributed by atoms with Gasteiger partial charge in [0.15, 0.2) is 0 Å². The van der Waals surface area contributed by atoms with Gasteiger partial charge >= 0.3 is 10.1 Å². The highest BCUT2D eigenvalue weighted by molar-refractivity contribution is 7.87. The molecule has 2 aromatic rings. The molecule has 0 N–H and O–H groups in total. The first-order chi connectivity index (χ1) is 10.3. The van der Waals surface area contributed by atoms with E-state index in [0.29, 0.717) is 5.92 Å². The van der Waals surface area contributed by atoms with Crippen LogP contribution in [0, 0.1) is 6.92 Å². The summed E-state index contributed by atoms with van der Waals surface area (Å²) in [6.45, 7) is 5.96. The summed E-state index contributed by atoms with van der Waals surface area (Å²) in [7, 11) is -2.51. The zero-order chi connectivity index (χ0) is 16.3. The van der Waals surface area contributed by atoms with Gasteiger partial charge in [0.2, 0.25) is 0 Å². The van der Waals surface area contributed by atoms with Crippen molar-refractivity contribution in [1.29, 1.82) is 0 Å². The predicted molar refractivity (Wildman–Crippen MR) is 86.1 cm³/mol. The highest BCUT2D eigenvalue weighted by Gasteiger charge is 2.22. The molecule has 0 aliphatic heterocycles. The molecule has 0 spiro atoms. The van der Waals surface area contributed by atoms with Crippen molar-refractivity contribution in [2.45, 2.75) is 31.6 Å². The van der Waals surface area contributed by atoms with Crippen LogP contribution in [0.3, 0.4) is 0 Å². The van der Waals surface area contributed by atoms with Crippen LogP contribution in [-0.2, 0) is 10.1 Å². The minimum absolute atomic E-state index is 0.0305. The minimum atomic E-state index is -3.94. The lowest BCUT2D eigenvalue weighted by Gasteiger charge is -2.12. The molecule has 0 aromatic heterocycles. The van der Waals surface area contributed by atoms with Crippen LogP contribution in [0.5, 0.6) is 11.5 Å². The van der Waals surface area contributed by atoms with Crippen LogP contribution in [0.4, 0.5) is 0 Å². The summed E-state index contributed by atoms with van der Waals surface area (Å²) >= 11 is 0. The second kappa shape index (κ2) is 6.40. The first kappa shape index (κ1) is 16.4. The fraction of sp³-hybridized carbons (Fsp3) is 0.294. The van der Waals surface area contributed by atoms with Crippen molar-refractivity contribution < 1.29 is 17.3 Å². The monoisotopic (exact) mass is 320 g/mol. The molecule has 2 aromatic carbocycles. The fourth-order valence-corrected chi connectivity index (χ4v) is 3.24. The third kappa shape index (κ3) is 3.60.